The summed E-state index contributed by atoms with van der Waals surface area (Å²) in [4.78, 5) is 22.1. The number of fused-ring (bicyclic) bond motifs is 2. The monoisotopic (exact) mass is 333 g/mol. The summed E-state index contributed by atoms with van der Waals surface area (Å²) in [6.45, 7) is 0. The number of hydrogen-bond donors (Lipinski definition) is 1. The zero-order valence-electron chi connectivity index (χ0n) is 12.8. The van der Waals surface area contributed by atoms with Gasteiger partial charge < -0.3 is 9.52 Å². The third-order valence-electron chi connectivity index (χ3n) is 4.04. The quantitative estimate of drug-likeness (QED) is 0.337. The average molecular weight is 333 g/mol. The molecule has 0 unspecified atom stereocenters. The van der Waals surface area contributed by atoms with E-state index in [2.05, 4.69) is 0 Å². The van der Waals surface area contributed by atoms with Crippen molar-refractivity contribution >= 4 is 16.7 Å². The normalized spacial score (nSPS) is 11.0. The largest absolute Gasteiger partial charge is 0.508 e. The number of benzene rings is 3. The lowest BCUT2D eigenvalue weighted by Crippen LogP contribution is -1.99. The van der Waals surface area contributed by atoms with E-state index in [0.717, 1.165) is 16.5 Å². The van der Waals surface area contributed by atoms with Gasteiger partial charge in [0.15, 0.2) is 5.43 Å². The Labute approximate surface area is 141 Å². The summed E-state index contributed by atoms with van der Waals surface area (Å²) in [6.07, 6.45) is 0. The smallest absolute Gasteiger partial charge is 0.269 e. The second-order valence-electron chi connectivity index (χ2n) is 5.62. The summed E-state index contributed by atoms with van der Waals surface area (Å²) in [5, 5.41) is 21.3. The molecule has 2 aromatic rings. The maximum atomic E-state index is 11.7. The first-order chi connectivity index (χ1) is 12.0. The Balaban J connectivity index is 2.09. The molecule has 0 saturated heterocycles. The van der Waals surface area contributed by atoms with Crippen molar-refractivity contribution in [3.05, 3.63) is 81.0 Å². The Hall–Kier alpha value is -3.67. The molecule has 0 aromatic heterocycles. The standard InChI is InChI=1S/C19H11NO5/c21-13-5-7-15-17(9-13)25-18-10-14(22)6-8-16(18)19(15)11-1-3-12(4-2-11)20(23)24/h1-10,21H. The van der Waals surface area contributed by atoms with E-state index in [9.17, 15) is 20.0 Å². The summed E-state index contributed by atoms with van der Waals surface area (Å²) in [7, 11) is 0. The minimum Gasteiger partial charge on any atom is -0.508 e. The van der Waals surface area contributed by atoms with E-state index in [1.165, 1.54) is 30.3 Å². The SMILES string of the molecule is O=c1ccc2c(-c3ccc([N+](=O)[O-])cc3)c3ccc(O)cc3oc-2c1. The van der Waals surface area contributed by atoms with Crippen molar-refractivity contribution in [1.29, 1.82) is 0 Å². The molecule has 2 aliphatic rings. The first-order valence-corrected chi connectivity index (χ1v) is 7.47. The number of nitro benzene ring substituents is 1. The van der Waals surface area contributed by atoms with Crippen LogP contribution in [0, 0.1) is 10.1 Å². The topological polar surface area (TPSA) is 93.6 Å². The lowest BCUT2D eigenvalue weighted by Gasteiger charge is -2.15. The number of nitrogens with zero attached hydrogens (tertiary/aromatic N) is 1. The molecule has 1 aliphatic carbocycles. The summed E-state index contributed by atoms with van der Waals surface area (Å²) < 4.78 is 5.76. The average Bonchev–Trinajstić information content (AvgIpc) is 2.59. The zero-order chi connectivity index (χ0) is 17.6. The molecule has 6 nitrogen and oxygen atoms in total. The molecule has 0 radical (unpaired) electrons. The van der Waals surface area contributed by atoms with Crippen LogP contribution in [0.3, 0.4) is 0 Å². The van der Waals surface area contributed by atoms with Crippen molar-refractivity contribution in [2.24, 2.45) is 0 Å². The Kier molecular flexibility index (Phi) is 3.25. The van der Waals surface area contributed by atoms with Crippen LogP contribution in [0.2, 0.25) is 0 Å². The van der Waals surface area contributed by atoms with E-state index < -0.39 is 4.92 Å². The predicted molar refractivity (Wildman–Crippen MR) is 92.9 cm³/mol. The van der Waals surface area contributed by atoms with E-state index in [0.29, 0.717) is 16.9 Å². The highest BCUT2D eigenvalue weighted by Crippen LogP contribution is 2.40. The van der Waals surface area contributed by atoms with Crippen LogP contribution >= 0.6 is 0 Å². The van der Waals surface area contributed by atoms with Gasteiger partial charge in [0.1, 0.15) is 17.1 Å². The molecule has 0 atom stereocenters. The number of nitro groups is 1. The molecule has 4 rings (SSSR count). The van der Waals surface area contributed by atoms with Gasteiger partial charge in [-0.25, -0.2) is 0 Å². The van der Waals surface area contributed by atoms with Gasteiger partial charge in [0, 0.05) is 40.8 Å². The highest BCUT2D eigenvalue weighted by molar-refractivity contribution is 6.02. The van der Waals surface area contributed by atoms with Crippen LogP contribution < -0.4 is 5.43 Å². The number of non-ortho nitro benzene ring substituents is 1. The first kappa shape index (κ1) is 14.9. The molecule has 1 aliphatic heterocycles. The summed E-state index contributed by atoms with van der Waals surface area (Å²) in [6, 6.07) is 15.4. The van der Waals surface area contributed by atoms with Crippen LogP contribution in [0.25, 0.3) is 33.4 Å². The first-order valence-electron chi connectivity index (χ1n) is 7.47. The van der Waals surface area contributed by atoms with Crippen LogP contribution in [-0.2, 0) is 0 Å². The van der Waals surface area contributed by atoms with E-state index in [4.69, 9.17) is 4.42 Å². The minimum atomic E-state index is -0.456. The number of phenols is 1. The van der Waals surface area contributed by atoms with Crippen LogP contribution in [-0.4, -0.2) is 10.0 Å². The summed E-state index contributed by atoms with van der Waals surface area (Å²) in [5.41, 5.74) is 2.48. The van der Waals surface area contributed by atoms with Crippen molar-refractivity contribution in [2.75, 3.05) is 0 Å². The lowest BCUT2D eigenvalue weighted by molar-refractivity contribution is -0.384. The highest BCUT2D eigenvalue weighted by atomic mass is 16.6. The van der Waals surface area contributed by atoms with Gasteiger partial charge in [0.2, 0.25) is 0 Å². The highest BCUT2D eigenvalue weighted by Gasteiger charge is 2.18. The van der Waals surface area contributed by atoms with Gasteiger partial charge >= 0.3 is 0 Å². The molecular formula is C19H11NO5. The van der Waals surface area contributed by atoms with Gasteiger partial charge in [0.25, 0.3) is 5.69 Å². The predicted octanol–water partition coefficient (Wildman–Crippen LogP) is 4.18. The number of phenolic OH excluding ortho intramolecular Hbond substituents is 1. The fourth-order valence-corrected chi connectivity index (χ4v) is 2.92. The van der Waals surface area contributed by atoms with Crippen molar-refractivity contribution < 1.29 is 14.4 Å². The van der Waals surface area contributed by atoms with Crippen molar-refractivity contribution in [1.82, 2.24) is 0 Å². The molecular weight excluding hydrogens is 322 g/mol. The van der Waals surface area contributed by atoms with E-state index >= 15 is 0 Å². The molecule has 6 heteroatoms. The maximum Gasteiger partial charge on any atom is 0.269 e. The Bertz CT molecular complexity index is 1140. The fourth-order valence-electron chi connectivity index (χ4n) is 2.92. The van der Waals surface area contributed by atoms with Crippen molar-refractivity contribution in [3.8, 4) is 28.2 Å². The molecule has 0 saturated carbocycles. The van der Waals surface area contributed by atoms with Crippen molar-refractivity contribution in [3.63, 3.8) is 0 Å². The van der Waals surface area contributed by atoms with Crippen LogP contribution in [0.5, 0.6) is 5.75 Å². The number of aromatic hydroxyl groups is 1. The van der Waals surface area contributed by atoms with Gasteiger partial charge in [-0.3, -0.25) is 14.9 Å². The molecule has 0 amide bonds. The molecule has 25 heavy (non-hydrogen) atoms. The third kappa shape index (κ3) is 2.49. The van der Waals surface area contributed by atoms with Gasteiger partial charge in [-0.2, -0.15) is 0 Å². The molecule has 0 bridgehead atoms. The zero-order valence-corrected chi connectivity index (χ0v) is 12.8. The molecule has 2 aromatic carbocycles. The third-order valence-corrected chi connectivity index (χ3v) is 4.04. The van der Waals surface area contributed by atoms with Gasteiger partial charge in [0.05, 0.1) is 4.92 Å². The molecule has 1 heterocycles. The van der Waals surface area contributed by atoms with Gasteiger partial charge in [-0.1, -0.05) is 0 Å². The molecule has 0 fully saturated rings. The number of hydrogen-bond acceptors (Lipinski definition) is 5. The summed E-state index contributed by atoms with van der Waals surface area (Å²) in [5.74, 6) is 0.433. The Morgan fingerprint density at radius 2 is 1.72 bits per heavy atom. The molecule has 1 N–H and O–H groups in total. The van der Waals surface area contributed by atoms with E-state index in [1.54, 1.807) is 30.3 Å². The van der Waals surface area contributed by atoms with E-state index in [1.807, 2.05) is 0 Å². The number of rotatable bonds is 2. The van der Waals surface area contributed by atoms with Crippen LogP contribution in [0.1, 0.15) is 0 Å². The lowest BCUT2D eigenvalue weighted by atomic mass is 9.93. The Morgan fingerprint density at radius 1 is 0.960 bits per heavy atom. The van der Waals surface area contributed by atoms with E-state index in [-0.39, 0.29) is 16.9 Å². The molecule has 0 spiro atoms. The fraction of sp³-hybridized carbons (Fsp3) is 0. The Morgan fingerprint density at radius 3 is 2.44 bits per heavy atom. The van der Waals surface area contributed by atoms with Crippen LogP contribution in [0.4, 0.5) is 5.69 Å². The van der Waals surface area contributed by atoms with Crippen LogP contribution in [0.15, 0.2) is 69.9 Å². The van der Waals surface area contributed by atoms with Crippen molar-refractivity contribution in [2.45, 2.75) is 0 Å². The second kappa shape index (κ2) is 5.45. The molecule has 122 valence electrons. The second-order valence-corrected chi connectivity index (χ2v) is 5.62. The maximum absolute atomic E-state index is 11.7. The van der Waals surface area contributed by atoms with Gasteiger partial charge in [-0.15, -0.1) is 0 Å². The van der Waals surface area contributed by atoms with Gasteiger partial charge in [-0.05, 0) is 42.0 Å². The summed E-state index contributed by atoms with van der Waals surface area (Å²) >= 11 is 0. The minimum absolute atomic E-state index is 0.00234.